The Bertz CT molecular complexity index is 598. The second kappa shape index (κ2) is 4.76. The summed E-state index contributed by atoms with van der Waals surface area (Å²) >= 11 is 1.46. The van der Waals surface area contributed by atoms with Crippen molar-refractivity contribution < 1.29 is 4.79 Å². The Hall–Kier alpha value is -2.19. The SMILES string of the molecule is Cc1ccsc1NC(=O)c1cc(C#N)ccn1. The molecule has 0 unspecified atom stereocenters. The Morgan fingerprint density at radius 3 is 3.00 bits per heavy atom. The second-order valence-corrected chi connectivity index (χ2v) is 4.34. The van der Waals surface area contributed by atoms with Gasteiger partial charge in [0, 0.05) is 6.20 Å². The molecule has 0 fully saturated rings. The number of rotatable bonds is 2. The predicted molar refractivity (Wildman–Crippen MR) is 66.0 cm³/mol. The van der Waals surface area contributed by atoms with Crippen LogP contribution >= 0.6 is 11.3 Å². The van der Waals surface area contributed by atoms with Crippen LogP contribution in [0, 0.1) is 18.3 Å². The fraction of sp³-hybridized carbons (Fsp3) is 0.0833. The van der Waals surface area contributed by atoms with Crippen LogP contribution in [-0.4, -0.2) is 10.9 Å². The molecule has 17 heavy (non-hydrogen) atoms. The smallest absolute Gasteiger partial charge is 0.274 e. The van der Waals surface area contributed by atoms with Crippen molar-refractivity contribution in [2.24, 2.45) is 0 Å². The molecule has 0 spiro atoms. The molecule has 4 nitrogen and oxygen atoms in total. The van der Waals surface area contributed by atoms with Gasteiger partial charge in [-0.15, -0.1) is 11.3 Å². The van der Waals surface area contributed by atoms with Crippen molar-refractivity contribution in [3.05, 3.63) is 46.6 Å². The number of thiophene rings is 1. The molecule has 1 amide bonds. The number of pyridine rings is 1. The van der Waals surface area contributed by atoms with Crippen LogP contribution in [0.3, 0.4) is 0 Å². The number of hydrogen-bond acceptors (Lipinski definition) is 4. The minimum Gasteiger partial charge on any atom is -0.312 e. The summed E-state index contributed by atoms with van der Waals surface area (Å²) in [7, 11) is 0. The van der Waals surface area contributed by atoms with Crippen LogP contribution < -0.4 is 5.32 Å². The van der Waals surface area contributed by atoms with Gasteiger partial charge in [-0.1, -0.05) is 0 Å². The number of nitriles is 1. The number of carbonyl (C=O) groups is 1. The van der Waals surface area contributed by atoms with Gasteiger partial charge in [0.2, 0.25) is 0 Å². The van der Waals surface area contributed by atoms with Crippen molar-refractivity contribution in [3.8, 4) is 6.07 Å². The molecule has 5 heteroatoms. The molecular weight excluding hydrogens is 234 g/mol. The molecule has 0 aliphatic rings. The first kappa shape index (κ1) is 11.3. The number of carbonyl (C=O) groups excluding carboxylic acids is 1. The Labute approximate surface area is 103 Å². The second-order valence-electron chi connectivity index (χ2n) is 3.43. The summed E-state index contributed by atoms with van der Waals surface area (Å²) in [6.45, 7) is 1.92. The molecule has 0 atom stereocenters. The van der Waals surface area contributed by atoms with Gasteiger partial charge in [-0.25, -0.2) is 0 Å². The van der Waals surface area contributed by atoms with E-state index in [1.807, 2.05) is 24.4 Å². The zero-order valence-corrected chi connectivity index (χ0v) is 9.91. The van der Waals surface area contributed by atoms with Crippen LogP contribution in [0.4, 0.5) is 5.00 Å². The summed E-state index contributed by atoms with van der Waals surface area (Å²) in [6, 6.07) is 6.94. The lowest BCUT2D eigenvalue weighted by atomic mass is 10.2. The van der Waals surface area contributed by atoms with Crippen LogP contribution in [0.5, 0.6) is 0 Å². The monoisotopic (exact) mass is 243 g/mol. The molecule has 2 aromatic heterocycles. The third kappa shape index (κ3) is 2.49. The van der Waals surface area contributed by atoms with Crippen molar-refractivity contribution in [2.45, 2.75) is 6.92 Å². The van der Waals surface area contributed by atoms with Crippen LogP contribution in [0.25, 0.3) is 0 Å². The molecule has 0 aliphatic heterocycles. The lowest BCUT2D eigenvalue weighted by Gasteiger charge is -2.03. The maximum absolute atomic E-state index is 11.9. The van der Waals surface area contributed by atoms with E-state index in [1.54, 1.807) is 6.07 Å². The standard InChI is InChI=1S/C12H9N3OS/c1-8-3-5-17-12(8)15-11(16)10-6-9(7-13)2-4-14-10/h2-6H,1H3,(H,15,16). The van der Waals surface area contributed by atoms with Gasteiger partial charge in [0.1, 0.15) is 5.69 Å². The average Bonchev–Trinajstić information content (AvgIpc) is 2.75. The first-order valence-electron chi connectivity index (χ1n) is 4.92. The summed E-state index contributed by atoms with van der Waals surface area (Å²) in [5, 5.41) is 14.2. The molecule has 2 aromatic rings. The van der Waals surface area contributed by atoms with E-state index in [9.17, 15) is 4.79 Å². The quantitative estimate of drug-likeness (QED) is 0.881. The fourth-order valence-corrected chi connectivity index (χ4v) is 2.11. The number of nitrogens with zero attached hydrogens (tertiary/aromatic N) is 2. The lowest BCUT2D eigenvalue weighted by molar-refractivity contribution is 0.102. The Kier molecular flexibility index (Phi) is 3.17. The van der Waals surface area contributed by atoms with E-state index in [0.717, 1.165) is 10.6 Å². The zero-order chi connectivity index (χ0) is 12.3. The van der Waals surface area contributed by atoms with E-state index in [0.29, 0.717) is 5.56 Å². The van der Waals surface area contributed by atoms with Crippen molar-refractivity contribution >= 4 is 22.2 Å². The van der Waals surface area contributed by atoms with Crippen molar-refractivity contribution in [1.82, 2.24) is 4.98 Å². The normalized spacial score (nSPS) is 9.65. The highest BCUT2D eigenvalue weighted by molar-refractivity contribution is 7.14. The summed E-state index contributed by atoms with van der Waals surface area (Å²) in [4.78, 5) is 15.8. The maximum Gasteiger partial charge on any atom is 0.274 e. The number of aryl methyl sites for hydroxylation is 1. The molecule has 0 radical (unpaired) electrons. The Balaban J connectivity index is 2.21. The third-order valence-corrected chi connectivity index (χ3v) is 3.14. The highest BCUT2D eigenvalue weighted by Crippen LogP contribution is 2.22. The number of hydrogen-bond donors (Lipinski definition) is 1. The van der Waals surface area contributed by atoms with Gasteiger partial charge in [-0.3, -0.25) is 9.78 Å². The van der Waals surface area contributed by atoms with E-state index < -0.39 is 0 Å². The first-order chi connectivity index (χ1) is 8.20. The van der Waals surface area contributed by atoms with Gasteiger partial charge < -0.3 is 5.32 Å². The van der Waals surface area contributed by atoms with E-state index in [4.69, 9.17) is 5.26 Å². The predicted octanol–water partition coefficient (Wildman–Crippen LogP) is 2.58. The molecular formula is C12H9N3OS. The highest BCUT2D eigenvalue weighted by atomic mass is 32.1. The van der Waals surface area contributed by atoms with Gasteiger partial charge in [-0.2, -0.15) is 5.26 Å². The number of aromatic nitrogens is 1. The van der Waals surface area contributed by atoms with Gasteiger partial charge in [0.15, 0.2) is 0 Å². The molecule has 0 saturated carbocycles. The molecule has 1 N–H and O–H groups in total. The van der Waals surface area contributed by atoms with Crippen LogP contribution in [0.1, 0.15) is 21.6 Å². The van der Waals surface area contributed by atoms with Crippen LogP contribution in [-0.2, 0) is 0 Å². The fourth-order valence-electron chi connectivity index (χ4n) is 1.29. The first-order valence-corrected chi connectivity index (χ1v) is 5.80. The summed E-state index contributed by atoms with van der Waals surface area (Å²) in [6.07, 6.45) is 1.45. The van der Waals surface area contributed by atoms with E-state index in [1.165, 1.54) is 23.6 Å². The molecule has 2 rings (SSSR count). The van der Waals surface area contributed by atoms with Gasteiger partial charge in [0.05, 0.1) is 16.6 Å². The minimum absolute atomic E-state index is 0.247. The summed E-state index contributed by atoms with van der Waals surface area (Å²) < 4.78 is 0. The average molecular weight is 243 g/mol. The minimum atomic E-state index is -0.298. The number of nitrogens with one attached hydrogen (secondary N) is 1. The zero-order valence-electron chi connectivity index (χ0n) is 9.10. The van der Waals surface area contributed by atoms with Gasteiger partial charge in [0.25, 0.3) is 5.91 Å². The van der Waals surface area contributed by atoms with Gasteiger partial charge in [-0.05, 0) is 36.1 Å². The summed E-state index contributed by atoms with van der Waals surface area (Å²) in [5.41, 5.74) is 1.68. The molecule has 0 aromatic carbocycles. The number of anilines is 1. The van der Waals surface area contributed by atoms with Gasteiger partial charge >= 0.3 is 0 Å². The number of amides is 1. The van der Waals surface area contributed by atoms with E-state index in [2.05, 4.69) is 10.3 Å². The summed E-state index contributed by atoms with van der Waals surface area (Å²) in [5.74, 6) is -0.298. The van der Waals surface area contributed by atoms with Crippen LogP contribution in [0.15, 0.2) is 29.8 Å². The third-order valence-electron chi connectivity index (χ3n) is 2.21. The Morgan fingerprint density at radius 2 is 2.35 bits per heavy atom. The molecule has 0 bridgehead atoms. The van der Waals surface area contributed by atoms with E-state index >= 15 is 0 Å². The molecule has 2 heterocycles. The molecule has 84 valence electrons. The van der Waals surface area contributed by atoms with Crippen molar-refractivity contribution in [3.63, 3.8) is 0 Å². The largest absolute Gasteiger partial charge is 0.312 e. The molecule has 0 aliphatic carbocycles. The molecule has 0 saturated heterocycles. The maximum atomic E-state index is 11.9. The highest BCUT2D eigenvalue weighted by Gasteiger charge is 2.10. The van der Waals surface area contributed by atoms with Crippen LogP contribution in [0.2, 0.25) is 0 Å². The van der Waals surface area contributed by atoms with Crippen molar-refractivity contribution in [2.75, 3.05) is 5.32 Å². The van der Waals surface area contributed by atoms with Crippen molar-refractivity contribution in [1.29, 1.82) is 5.26 Å². The van der Waals surface area contributed by atoms with E-state index in [-0.39, 0.29) is 11.6 Å². The topological polar surface area (TPSA) is 65.8 Å². The lowest BCUT2D eigenvalue weighted by Crippen LogP contribution is -2.13. The Morgan fingerprint density at radius 1 is 1.53 bits per heavy atom.